The number of benzene rings is 1. The monoisotopic (exact) mass is 342 g/mol. The number of hydrogen-bond acceptors (Lipinski definition) is 4. The molecule has 1 atom stereocenters. The lowest BCUT2D eigenvalue weighted by molar-refractivity contribution is 0.101. The van der Waals surface area contributed by atoms with Crippen LogP contribution in [0.1, 0.15) is 31.2 Å². The first-order valence-corrected chi connectivity index (χ1v) is 8.44. The van der Waals surface area contributed by atoms with Crippen molar-refractivity contribution in [3.63, 3.8) is 0 Å². The Morgan fingerprint density at radius 3 is 2.64 bits per heavy atom. The molecule has 0 spiro atoms. The van der Waals surface area contributed by atoms with E-state index in [1.807, 2.05) is 16.8 Å². The number of imidazole rings is 1. The molecule has 0 fully saturated rings. The lowest BCUT2D eigenvalue weighted by atomic mass is 10.1. The third-order valence-electron chi connectivity index (χ3n) is 4.09. The summed E-state index contributed by atoms with van der Waals surface area (Å²) in [6, 6.07) is 6.02. The zero-order chi connectivity index (χ0) is 17.8. The van der Waals surface area contributed by atoms with E-state index in [0.29, 0.717) is 19.0 Å². The Labute approximate surface area is 146 Å². The van der Waals surface area contributed by atoms with Gasteiger partial charge < -0.3 is 5.11 Å². The second-order valence-electron chi connectivity index (χ2n) is 6.71. The van der Waals surface area contributed by atoms with Gasteiger partial charge in [-0.05, 0) is 23.6 Å². The molecule has 3 aromatic rings. The first-order valence-electron chi connectivity index (χ1n) is 8.44. The molecule has 132 valence electrons. The normalized spacial score (nSPS) is 13.0. The smallest absolute Gasteiger partial charge is 0.155 e. The summed E-state index contributed by atoms with van der Waals surface area (Å²) in [7, 11) is 0. The van der Waals surface area contributed by atoms with Gasteiger partial charge >= 0.3 is 0 Å². The van der Waals surface area contributed by atoms with Crippen molar-refractivity contribution in [2.24, 2.45) is 5.92 Å². The Kier molecular flexibility index (Phi) is 5.40. The van der Waals surface area contributed by atoms with Crippen molar-refractivity contribution in [1.29, 1.82) is 0 Å². The molecule has 0 saturated carbocycles. The van der Waals surface area contributed by atoms with Gasteiger partial charge in [0.25, 0.3) is 0 Å². The van der Waals surface area contributed by atoms with E-state index in [-0.39, 0.29) is 5.82 Å². The van der Waals surface area contributed by atoms with Gasteiger partial charge in [-0.25, -0.2) is 9.37 Å². The first kappa shape index (κ1) is 17.5. The van der Waals surface area contributed by atoms with Crippen LogP contribution in [-0.4, -0.2) is 37.5 Å². The molecule has 0 aliphatic rings. The van der Waals surface area contributed by atoms with Crippen molar-refractivity contribution in [1.82, 2.24) is 19.3 Å². The fourth-order valence-electron chi connectivity index (χ4n) is 3.00. The molecular weight excluding hydrogens is 319 g/mol. The van der Waals surface area contributed by atoms with Crippen LogP contribution in [0.5, 0.6) is 0 Å². The molecule has 0 amide bonds. The molecule has 0 aliphatic carbocycles. The van der Waals surface area contributed by atoms with Crippen LogP contribution in [0.4, 0.5) is 4.39 Å². The average Bonchev–Trinajstić information content (AvgIpc) is 2.98. The van der Waals surface area contributed by atoms with Crippen LogP contribution in [0.3, 0.4) is 0 Å². The van der Waals surface area contributed by atoms with Crippen molar-refractivity contribution in [3.05, 3.63) is 66.1 Å². The van der Waals surface area contributed by atoms with Crippen molar-refractivity contribution in [2.75, 3.05) is 13.1 Å². The van der Waals surface area contributed by atoms with Crippen molar-refractivity contribution >= 4 is 5.65 Å². The Morgan fingerprint density at radius 2 is 1.92 bits per heavy atom. The van der Waals surface area contributed by atoms with Gasteiger partial charge in [0.15, 0.2) is 5.65 Å². The van der Waals surface area contributed by atoms with Gasteiger partial charge in [0, 0.05) is 32.0 Å². The Hall–Kier alpha value is -2.31. The molecule has 0 radical (unpaired) electrons. The SMILES string of the molecule is CC(C)CN(Cc1cnc2cnccn12)CC(O)c1ccc(F)cc1. The maximum atomic E-state index is 13.1. The molecule has 1 aromatic carbocycles. The maximum Gasteiger partial charge on any atom is 0.155 e. The van der Waals surface area contributed by atoms with Crippen LogP contribution in [0, 0.1) is 11.7 Å². The van der Waals surface area contributed by atoms with E-state index in [4.69, 9.17) is 0 Å². The quantitative estimate of drug-likeness (QED) is 0.717. The summed E-state index contributed by atoms with van der Waals surface area (Å²) >= 11 is 0. The lowest BCUT2D eigenvalue weighted by Gasteiger charge is -2.26. The predicted octanol–water partition coefficient (Wildman–Crippen LogP) is 3.06. The Bertz CT molecular complexity index is 816. The van der Waals surface area contributed by atoms with Crippen LogP contribution in [0.25, 0.3) is 5.65 Å². The van der Waals surface area contributed by atoms with Crippen LogP contribution in [0.2, 0.25) is 0 Å². The van der Waals surface area contributed by atoms with Crippen LogP contribution >= 0.6 is 0 Å². The van der Waals surface area contributed by atoms with Gasteiger partial charge in [-0.1, -0.05) is 26.0 Å². The van der Waals surface area contributed by atoms with E-state index in [0.717, 1.165) is 23.4 Å². The zero-order valence-corrected chi connectivity index (χ0v) is 14.5. The van der Waals surface area contributed by atoms with Crippen LogP contribution in [0.15, 0.2) is 49.1 Å². The second-order valence-corrected chi connectivity index (χ2v) is 6.71. The van der Waals surface area contributed by atoms with Gasteiger partial charge in [-0.15, -0.1) is 0 Å². The molecule has 1 unspecified atom stereocenters. The molecular formula is C19H23FN4O. The number of aliphatic hydroxyl groups is 1. The van der Waals surface area contributed by atoms with E-state index in [1.165, 1.54) is 12.1 Å². The summed E-state index contributed by atoms with van der Waals surface area (Å²) < 4.78 is 15.1. The minimum atomic E-state index is -0.666. The molecule has 25 heavy (non-hydrogen) atoms. The van der Waals surface area contributed by atoms with Gasteiger partial charge in [0.05, 0.1) is 24.2 Å². The molecule has 0 saturated heterocycles. The van der Waals surface area contributed by atoms with Crippen LogP contribution in [-0.2, 0) is 6.54 Å². The predicted molar refractivity (Wildman–Crippen MR) is 94.5 cm³/mol. The van der Waals surface area contributed by atoms with Crippen molar-refractivity contribution in [2.45, 2.75) is 26.5 Å². The van der Waals surface area contributed by atoms with E-state index in [1.54, 1.807) is 24.5 Å². The fourth-order valence-corrected chi connectivity index (χ4v) is 3.00. The number of halogens is 1. The van der Waals surface area contributed by atoms with E-state index in [2.05, 4.69) is 28.7 Å². The topological polar surface area (TPSA) is 53.7 Å². The molecule has 3 rings (SSSR count). The van der Waals surface area contributed by atoms with Gasteiger partial charge in [-0.2, -0.15) is 0 Å². The lowest BCUT2D eigenvalue weighted by Crippen LogP contribution is -2.32. The highest BCUT2D eigenvalue weighted by molar-refractivity contribution is 5.36. The van der Waals surface area contributed by atoms with Crippen molar-refractivity contribution in [3.8, 4) is 0 Å². The molecule has 1 N–H and O–H groups in total. The van der Waals surface area contributed by atoms with E-state index >= 15 is 0 Å². The largest absolute Gasteiger partial charge is 0.387 e. The maximum absolute atomic E-state index is 13.1. The third-order valence-corrected chi connectivity index (χ3v) is 4.09. The minimum absolute atomic E-state index is 0.297. The molecule has 2 aromatic heterocycles. The minimum Gasteiger partial charge on any atom is -0.387 e. The summed E-state index contributed by atoms with van der Waals surface area (Å²) in [5.41, 5.74) is 2.57. The zero-order valence-electron chi connectivity index (χ0n) is 14.5. The highest BCUT2D eigenvalue weighted by Crippen LogP contribution is 2.18. The Morgan fingerprint density at radius 1 is 1.16 bits per heavy atom. The molecule has 0 aliphatic heterocycles. The number of aliphatic hydroxyl groups excluding tert-OH is 1. The third kappa shape index (κ3) is 4.41. The highest BCUT2D eigenvalue weighted by Gasteiger charge is 2.17. The first-order chi connectivity index (χ1) is 12.0. The summed E-state index contributed by atoms with van der Waals surface area (Å²) in [5.74, 6) is 0.163. The molecule has 5 nitrogen and oxygen atoms in total. The fraction of sp³-hybridized carbons (Fsp3) is 0.368. The molecule has 0 bridgehead atoms. The summed E-state index contributed by atoms with van der Waals surface area (Å²) in [6.45, 7) is 6.28. The number of rotatable bonds is 7. The van der Waals surface area contributed by atoms with Gasteiger partial charge in [0.1, 0.15) is 5.82 Å². The number of aromatic nitrogens is 3. The van der Waals surface area contributed by atoms with Gasteiger partial charge in [0.2, 0.25) is 0 Å². The number of nitrogens with zero attached hydrogens (tertiary/aromatic N) is 4. The standard InChI is InChI=1S/C19H23FN4O/c1-14(2)11-23(13-18(25)15-3-5-16(20)6-4-15)12-17-9-22-19-10-21-7-8-24(17)19/h3-10,14,18,25H,11-13H2,1-2H3. The Balaban J connectivity index is 1.76. The summed E-state index contributed by atoms with van der Waals surface area (Å²) in [5, 5.41) is 10.5. The number of fused-ring (bicyclic) bond motifs is 1. The molecule has 6 heteroatoms. The summed E-state index contributed by atoms with van der Waals surface area (Å²) in [4.78, 5) is 10.6. The van der Waals surface area contributed by atoms with Crippen molar-refractivity contribution < 1.29 is 9.50 Å². The van der Waals surface area contributed by atoms with E-state index in [9.17, 15) is 9.50 Å². The average molecular weight is 342 g/mol. The summed E-state index contributed by atoms with van der Waals surface area (Å²) in [6.07, 6.45) is 6.53. The van der Waals surface area contributed by atoms with Gasteiger partial charge in [-0.3, -0.25) is 14.3 Å². The number of hydrogen-bond donors (Lipinski definition) is 1. The second kappa shape index (κ2) is 7.72. The molecule has 2 heterocycles. The highest BCUT2D eigenvalue weighted by atomic mass is 19.1. The van der Waals surface area contributed by atoms with E-state index < -0.39 is 6.10 Å². The van der Waals surface area contributed by atoms with Crippen LogP contribution < -0.4 is 0 Å².